The molecule has 0 unspecified atom stereocenters. The van der Waals surface area contributed by atoms with Crippen molar-refractivity contribution in [2.75, 3.05) is 18.5 Å². The molecule has 5 aromatic rings. The highest BCUT2D eigenvalue weighted by atomic mass is 32.1. The van der Waals surface area contributed by atoms with Gasteiger partial charge < -0.3 is 24.6 Å². The number of carbonyl (C=O) groups excluding carboxylic acids is 2. The van der Waals surface area contributed by atoms with Crippen LogP contribution in [-0.2, 0) is 4.74 Å². The van der Waals surface area contributed by atoms with Gasteiger partial charge in [-0.15, -0.1) is 11.3 Å². The number of anilines is 1. The van der Waals surface area contributed by atoms with Crippen LogP contribution in [0.4, 0.5) is 14.9 Å². The van der Waals surface area contributed by atoms with Crippen molar-refractivity contribution in [3.8, 4) is 22.2 Å². The van der Waals surface area contributed by atoms with E-state index in [4.69, 9.17) is 19.2 Å². The predicted octanol–water partition coefficient (Wildman–Crippen LogP) is 6.44. The molecule has 3 N–H and O–H groups in total. The molecule has 0 radical (unpaired) electrons. The topological polar surface area (TPSA) is 158 Å². The minimum atomic E-state index is -1.07. The molecule has 0 saturated heterocycles. The van der Waals surface area contributed by atoms with Crippen LogP contribution in [0.15, 0.2) is 48.8 Å². The van der Waals surface area contributed by atoms with Crippen molar-refractivity contribution < 1.29 is 33.3 Å². The number of aryl methyl sites for hydroxylation is 1. The lowest BCUT2D eigenvalue weighted by Gasteiger charge is -2.24. The number of nitrogens with zero attached hydrogens (tertiary/aromatic N) is 4. The fourth-order valence-corrected chi connectivity index (χ4v) is 5.81. The zero-order valence-corrected chi connectivity index (χ0v) is 28.3. The van der Waals surface area contributed by atoms with E-state index in [9.17, 15) is 14.7 Å². The third-order valence-electron chi connectivity index (χ3n) is 7.15. The molecule has 0 spiro atoms. The van der Waals surface area contributed by atoms with Gasteiger partial charge in [-0.05, 0) is 70.9 Å². The van der Waals surface area contributed by atoms with E-state index in [0.717, 1.165) is 11.1 Å². The molecule has 0 saturated carbocycles. The molecule has 0 aliphatic carbocycles. The molecule has 2 atom stereocenters. The van der Waals surface area contributed by atoms with Crippen LogP contribution in [0.25, 0.3) is 31.8 Å². The molecular weight excluding hydrogens is 639 g/mol. The Morgan fingerprint density at radius 3 is 2.54 bits per heavy atom. The SMILES string of the molecule is CCOc1cnc2c(-c3nc4cc(F)c(O[C@@H](CC)[C@@H](C)OC(=O)Nc5ccc(C(=O)NCC(C)(C)O)nc5)cc4s3)cc(C)cc2n1. The summed E-state index contributed by atoms with van der Waals surface area (Å²) in [7, 11) is 0. The number of hydrogen-bond donors (Lipinski definition) is 3. The van der Waals surface area contributed by atoms with Crippen molar-refractivity contribution in [1.82, 2.24) is 25.3 Å². The van der Waals surface area contributed by atoms with Crippen LogP contribution >= 0.6 is 11.3 Å². The Hall–Kier alpha value is -4.95. The maximum Gasteiger partial charge on any atom is 0.412 e. The molecule has 5 rings (SSSR count). The van der Waals surface area contributed by atoms with Gasteiger partial charge >= 0.3 is 6.09 Å². The van der Waals surface area contributed by atoms with Crippen LogP contribution in [0, 0.1) is 12.7 Å². The zero-order chi connectivity index (χ0) is 34.6. The fraction of sp³-hybridized carbons (Fsp3) is 0.353. The molecule has 2 amide bonds. The number of nitrogens with one attached hydrogen (secondary N) is 2. The number of aromatic nitrogens is 4. The van der Waals surface area contributed by atoms with E-state index in [1.54, 1.807) is 33.0 Å². The van der Waals surface area contributed by atoms with E-state index in [2.05, 4.69) is 25.6 Å². The summed E-state index contributed by atoms with van der Waals surface area (Å²) in [5, 5.41) is 15.6. The first kappa shape index (κ1) is 34.4. The third-order valence-corrected chi connectivity index (χ3v) is 8.21. The van der Waals surface area contributed by atoms with Gasteiger partial charge in [-0.3, -0.25) is 10.1 Å². The van der Waals surface area contributed by atoms with Gasteiger partial charge in [0.25, 0.3) is 5.91 Å². The summed E-state index contributed by atoms with van der Waals surface area (Å²) in [4.78, 5) is 42.8. The Morgan fingerprint density at radius 1 is 1.06 bits per heavy atom. The first-order valence-electron chi connectivity index (χ1n) is 15.4. The summed E-state index contributed by atoms with van der Waals surface area (Å²) in [5.74, 6) is -0.606. The maximum absolute atomic E-state index is 15.3. The first-order chi connectivity index (χ1) is 22.8. The normalized spacial score (nSPS) is 12.8. The third kappa shape index (κ3) is 8.30. The van der Waals surface area contributed by atoms with Crippen molar-refractivity contribution in [1.29, 1.82) is 0 Å². The molecule has 3 heterocycles. The second-order valence-corrected chi connectivity index (χ2v) is 12.8. The summed E-state index contributed by atoms with van der Waals surface area (Å²) < 4.78 is 33.1. The summed E-state index contributed by atoms with van der Waals surface area (Å²) in [6.07, 6.45) is 1.14. The molecule has 0 fully saturated rings. The number of benzene rings is 2. The maximum atomic E-state index is 15.3. The van der Waals surface area contributed by atoms with Gasteiger partial charge in [0.05, 0.1) is 51.5 Å². The molecule has 48 heavy (non-hydrogen) atoms. The van der Waals surface area contributed by atoms with E-state index in [1.807, 2.05) is 32.9 Å². The number of amides is 2. The summed E-state index contributed by atoms with van der Waals surface area (Å²) >= 11 is 1.38. The Morgan fingerprint density at radius 2 is 1.85 bits per heavy atom. The molecule has 14 heteroatoms. The molecule has 0 aliphatic rings. The van der Waals surface area contributed by atoms with Crippen LogP contribution in [0.5, 0.6) is 11.6 Å². The standard InChI is InChI=1S/C34H37FN6O6S/c1-7-26(19(4)46-33(43)39-20-9-10-23(36-15-20)31(42)38-17-34(5,6)44)47-27-14-28-24(13-22(27)35)41-32(48-28)21-11-18(3)12-25-30(21)37-16-29(40-25)45-8-2/h9-16,19,26,44H,7-8,17H2,1-6H3,(H,38,42)(H,39,43)/t19-,26+/m1/s1. The van der Waals surface area contributed by atoms with Crippen molar-refractivity contribution in [3.63, 3.8) is 0 Å². The van der Waals surface area contributed by atoms with Gasteiger partial charge in [0.1, 0.15) is 22.9 Å². The largest absolute Gasteiger partial charge is 0.483 e. The Bertz CT molecular complexity index is 1950. The van der Waals surface area contributed by atoms with Crippen LogP contribution in [-0.4, -0.2) is 68.0 Å². The average Bonchev–Trinajstić information content (AvgIpc) is 3.44. The highest BCUT2D eigenvalue weighted by Gasteiger charge is 2.24. The minimum absolute atomic E-state index is 0.0123. The van der Waals surface area contributed by atoms with Gasteiger partial charge in [-0.1, -0.05) is 6.92 Å². The van der Waals surface area contributed by atoms with Gasteiger partial charge in [-0.2, -0.15) is 0 Å². The molecule has 0 aliphatic heterocycles. The number of halogens is 1. The van der Waals surface area contributed by atoms with E-state index in [0.29, 0.717) is 50.9 Å². The molecule has 12 nitrogen and oxygen atoms in total. The Balaban J connectivity index is 1.26. The van der Waals surface area contributed by atoms with E-state index in [-0.39, 0.29) is 18.0 Å². The Labute approximate surface area is 280 Å². The number of fused-ring (bicyclic) bond motifs is 2. The van der Waals surface area contributed by atoms with Crippen molar-refractivity contribution in [3.05, 3.63) is 65.9 Å². The smallest absolute Gasteiger partial charge is 0.412 e. The van der Waals surface area contributed by atoms with Gasteiger partial charge in [0.15, 0.2) is 11.6 Å². The summed E-state index contributed by atoms with van der Waals surface area (Å²) in [5.41, 5.74) is 2.92. The van der Waals surface area contributed by atoms with Crippen LogP contribution in [0.1, 0.15) is 57.1 Å². The van der Waals surface area contributed by atoms with Crippen LogP contribution in [0.3, 0.4) is 0 Å². The zero-order valence-electron chi connectivity index (χ0n) is 27.5. The number of thiazole rings is 1. The number of aliphatic hydroxyl groups is 1. The molecule has 0 bridgehead atoms. The highest BCUT2D eigenvalue weighted by molar-refractivity contribution is 7.21. The molecule has 252 valence electrons. The molecular formula is C34H37FN6O6S. The second kappa shape index (κ2) is 14.4. The van der Waals surface area contributed by atoms with E-state index < -0.39 is 35.6 Å². The monoisotopic (exact) mass is 676 g/mol. The number of ether oxygens (including phenoxy) is 3. The Kier molecular flexibility index (Phi) is 10.3. The fourth-order valence-electron chi connectivity index (χ4n) is 4.82. The minimum Gasteiger partial charge on any atom is -0.483 e. The molecule has 2 aromatic carbocycles. The van der Waals surface area contributed by atoms with Crippen molar-refractivity contribution in [2.45, 2.75) is 65.8 Å². The highest BCUT2D eigenvalue weighted by Crippen LogP contribution is 2.37. The predicted molar refractivity (Wildman–Crippen MR) is 181 cm³/mol. The van der Waals surface area contributed by atoms with Crippen LogP contribution < -0.4 is 20.1 Å². The summed E-state index contributed by atoms with van der Waals surface area (Å²) in [6.45, 7) is 11.0. The molecule has 3 aromatic heterocycles. The lowest BCUT2D eigenvalue weighted by molar-refractivity contribution is 0.0293. The lowest BCUT2D eigenvalue weighted by atomic mass is 10.1. The second-order valence-electron chi connectivity index (χ2n) is 11.8. The lowest BCUT2D eigenvalue weighted by Crippen LogP contribution is -2.38. The quantitative estimate of drug-likeness (QED) is 0.134. The van der Waals surface area contributed by atoms with Crippen LogP contribution in [0.2, 0.25) is 0 Å². The number of rotatable bonds is 12. The van der Waals surface area contributed by atoms with E-state index >= 15 is 4.39 Å². The van der Waals surface area contributed by atoms with Gasteiger partial charge in [-0.25, -0.2) is 29.1 Å². The number of carbonyl (C=O) groups is 2. The van der Waals surface area contributed by atoms with Gasteiger partial charge in [0, 0.05) is 24.2 Å². The average molecular weight is 677 g/mol. The van der Waals surface area contributed by atoms with E-state index in [1.165, 1.54) is 35.7 Å². The summed E-state index contributed by atoms with van der Waals surface area (Å²) in [6, 6.07) is 9.77. The van der Waals surface area contributed by atoms with Crippen molar-refractivity contribution >= 4 is 50.3 Å². The number of hydrogen-bond acceptors (Lipinski definition) is 11. The number of pyridine rings is 1. The van der Waals surface area contributed by atoms with Crippen molar-refractivity contribution in [2.24, 2.45) is 0 Å². The first-order valence-corrected chi connectivity index (χ1v) is 16.3. The van der Waals surface area contributed by atoms with Gasteiger partial charge in [0.2, 0.25) is 5.88 Å².